The standard InChI is InChI=1S/C17H28N2/c1-14(2)11-17-13-19(10-9-18-17)15(3)12-16-7-5-4-6-8-16/h4-8,14-15,17-18H,9-13H2,1-3H3. The van der Waals surface area contributed by atoms with Gasteiger partial charge in [-0.05, 0) is 31.2 Å². The van der Waals surface area contributed by atoms with E-state index in [2.05, 4.69) is 61.3 Å². The van der Waals surface area contributed by atoms with E-state index in [0.29, 0.717) is 12.1 Å². The number of hydrogen-bond donors (Lipinski definition) is 1. The molecule has 1 aliphatic heterocycles. The summed E-state index contributed by atoms with van der Waals surface area (Å²) in [6, 6.07) is 12.2. The normalized spacial score (nSPS) is 22.6. The number of rotatable bonds is 5. The molecule has 2 atom stereocenters. The molecule has 0 aliphatic carbocycles. The van der Waals surface area contributed by atoms with E-state index < -0.39 is 0 Å². The summed E-state index contributed by atoms with van der Waals surface area (Å²) in [7, 11) is 0. The summed E-state index contributed by atoms with van der Waals surface area (Å²) >= 11 is 0. The van der Waals surface area contributed by atoms with E-state index in [9.17, 15) is 0 Å². The van der Waals surface area contributed by atoms with Crippen LogP contribution < -0.4 is 5.32 Å². The number of nitrogens with one attached hydrogen (secondary N) is 1. The molecular weight excluding hydrogens is 232 g/mol. The molecule has 1 saturated heterocycles. The highest BCUT2D eigenvalue weighted by atomic mass is 15.2. The molecule has 1 aromatic rings. The van der Waals surface area contributed by atoms with Gasteiger partial charge < -0.3 is 5.32 Å². The maximum absolute atomic E-state index is 3.66. The smallest absolute Gasteiger partial charge is 0.0198 e. The molecule has 2 nitrogen and oxygen atoms in total. The van der Waals surface area contributed by atoms with E-state index in [1.165, 1.54) is 25.1 Å². The van der Waals surface area contributed by atoms with Crippen molar-refractivity contribution >= 4 is 0 Å². The fourth-order valence-electron chi connectivity index (χ4n) is 3.06. The summed E-state index contributed by atoms with van der Waals surface area (Å²) in [6.07, 6.45) is 2.45. The Morgan fingerprint density at radius 3 is 2.63 bits per heavy atom. The first-order chi connectivity index (χ1) is 9.15. The Balaban J connectivity index is 1.86. The van der Waals surface area contributed by atoms with Crippen LogP contribution in [0, 0.1) is 5.92 Å². The van der Waals surface area contributed by atoms with Crippen LogP contribution in [0.3, 0.4) is 0 Å². The fraction of sp³-hybridized carbons (Fsp3) is 0.647. The Labute approximate surface area is 118 Å². The van der Waals surface area contributed by atoms with Crippen LogP contribution in [0.1, 0.15) is 32.8 Å². The second-order valence-corrected chi connectivity index (χ2v) is 6.31. The molecule has 1 aromatic carbocycles. The van der Waals surface area contributed by atoms with E-state index in [0.717, 1.165) is 18.9 Å². The van der Waals surface area contributed by atoms with Gasteiger partial charge >= 0.3 is 0 Å². The number of nitrogens with zero attached hydrogens (tertiary/aromatic N) is 1. The van der Waals surface area contributed by atoms with Gasteiger partial charge in [-0.3, -0.25) is 4.90 Å². The second kappa shape index (κ2) is 7.06. The minimum atomic E-state index is 0.638. The van der Waals surface area contributed by atoms with Gasteiger partial charge in [0.2, 0.25) is 0 Å². The highest BCUT2D eigenvalue weighted by molar-refractivity contribution is 5.15. The molecule has 0 saturated carbocycles. The molecular formula is C17H28N2. The van der Waals surface area contributed by atoms with E-state index in [1.807, 2.05) is 0 Å². The monoisotopic (exact) mass is 260 g/mol. The lowest BCUT2D eigenvalue weighted by molar-refractivity contribution is 0.143. The Bertz CT molecular complexity index is 361. The maximum Gasteiger partial charge on any atom is 0.0198 e. The molecule has 0 aromatic heterocycles. The van der Waals surface area contributed by atoms with Crippen molar-refractivity contribution < 1.29 is 0 Å². The van der Waals surface area contributed by atoms with Crippen molar-refractivity contribution in [3.05, 3.63) is 35.9 Å². The molecule has 0 bridgehead atoms. The van der Waals surface area contributed by atoms with Crippen LogP contribution in [0.5, 0.6) is 0 Å². The largest absolute Gasteiger partial charge is 0.311 e. The molecule has 0 radical (unpaired) electrons. The van der Waals surface area contributed by atoms with Gasteiger partial charge in [0.15, 0.2) is 0 Å². The quantitative estimate of drug-likeness (QED) is 0.875. The SMILES string of the molecule is CC(C)CC1CN(C(C)Cc2ccccc2)CCN1. The van der Waals surface area contributed by atoms with E-state index in [-0.39, 0.29) is 0 Å². The van der Waals surface area contributed by atoms with Crippen LogP contribution in [0.15, 0.2) is 30.3 Å². The predicted molar refractivity (Wildman–Crippen MR) is 82.4 cm³/mol. The van der Waals surface area contributed by atoms with E-state index in [4.69, 9.17) is 0 Å². The van der Waals surface area contributed by atoms with Crippen molar-refractivity contribution in [2.75, 3.05) is 19.6 Å². The van der Waals surface area contributed by atoms with Crippen LogP contribution in [0.2, 0.25) is 0 Å². The summed E-state index contributed by atoms with van der Waals surface area (Å²) in [5.74, 6) is 0.780. The maximum atomic E-state index is 3.66. The van der Waals surface area contributed by atoms with Crippen LogP contribution >= 0.6 is 0 Å². The van der Waals surface area contributed by atoms with Gasteiger partial charge in [-0.1, -0.05) is 44.2 Å². The lowest BCUT2D eigenvalue weighted by atomic mass is 9.99. The molecule has 1 heterocycles. The van der Waals surface area contributed by atoms with Gasteiger partial charge in [-0.15, -0.1) is 0 Å². The number of benzene rings is 1. The average Bonchev–Trinajstić information content (AvgIpc) is 2.39. The molecule has 19 heavy (non-hydrogen) atoms. The fourth-order valence-corrected chi connectivity index (χ4v) is 3.06. The van der Waals surface area contributed by atoms with Crippen molar-refractivity contribution in [1.82, 2.24) is 10.2 Å². The predicted octanol–water partition coefficient (Wildman–Crippen LogP) is 2.94. The second-order valence-electron chi connectivity index (χ2n) is 6.31. The Hall–Kier alpha value is -0.860. The van der Waals surface area contributed by atoms with Crippen molar-refractivity contribution in [2.45, 2.75) is 45.7 Å². The van der Waals surface area contributed by atoms with Gasteiger partial charge in [-0.25, -0.2) is 0 Å². The minimum Gasteiger partial charge on any atom is -0.311 e. The highest BCUT2D eigenvalue weighted by Gasteiger charge is 2.23. The first-order valence-corrected chi connectivity index (χ1v) is 7.66. The van der Waals surface area contributed by atoms with Crippen molar-refractivity contribution in [3.63, 3.8) is 0 Å². The topological polar surface area (TPSA) is 15.3 Å². The lowest BCUT2D eigenvalue weighted by Gasteiger charge is -2.38. The third kappa shape index (κ3) is 4.63. The summed E-state index contributed by atoms with van der Waals surface area (Å²) < 4.78 is 0. The van der Waals surface area contributed by atoms with Crippen molar-refractivity contribution in [2.24, 2.45) is 5.92 Å². The highest BCUT2D eigenvalue weighted by Crippen LogP contribution is 2.14. The Kier molecular flexibility index (Phi) is 5.41. The zero-order chi connectivity index (χ0) is 13.7. The van der Waals surface area contributed by atoms with Gasteiger partial charge in [-0.2, -0.15) is 0 Å². The molecule has 2 unspecified atom stereocenters. The summed E-state index contributed by atoms with van der Waals surface area (Å²) in [5.41, 5.74) is 1.45. The first-order valence-electron chi connectivity index (χ1n) is 7.66. The summed E-state index contributed by atoms with van der Waals surface area (Å²) in [6.45, 7) is 10.5. The minimum absolute atomic E-state index is 0.638. The van der Waals surface area contributed by atoms with Crippen molar-refractivity contribution in [3.8, 4) is 0 Å². The van der Waals surface area contributed by atoms with E-state index in [1.54, 1.807) is 0 Å². The van der Waals surface area contributed by atoms with Gasteiger partial charge in [0, 0.05) is 31.7 Å². The third-order valence-corrected chi connectivity index (χ3v) is 4.04. The van der Waals surface area contributed by atoms with E-state index >= 15 is 0 Å². The molecule has 1 fully saturated rings. The zero-order valence-corrected chi connectivity index (χ0v) is 12.6. The molecule has 106 valence electrons. The summed E-state index contributed by atoms with van der Waals surface area (Å²) in [5, 5.41) is 3.66. The number of piperazine rings is 1. The Morgan fingerprint density at radius 1 is 1.21 bits per heavy atom. The zero-order valence-electron chi connectivity index (χ0n) is 12.6. The molecule has 2 rings (SSSR count). The molecule has 0 amide bonds. The van der Waals surface area contributed by atoms with Crippen molar-refractivity contribution in [1.29, 1.82) is 0 Å². The average molecular weight is 260 g/mol. The van der Waals surface area contributed by atoms with Crippen LogP contribution in [0.25, 0.3) is 0 Å². The summed E-state index contributed by atoms with van der Waals surface area (Å²) in [4.78, 5) is 2.65. The van der Waals surface area contributed by atoms with Gasteiger partial charge in [0.1, 0.15) is 0 Å². The van der Waals surface area contributed by atoms with Gasteiger partial charge in [0.05, 0.1) is 0 Å². The van der Waals surface area contributed by atoms with Crippen LogP contribution in [-0.2, 0) is 6.42 Å². The lowest BCUT2D eigenvalue weighted by Crippen LogP contribution is -2.54. The number of hydrogen-bond acceptors (Lipinski definition) is 2. The third-order valence-electron chi connectivity index (χ3n) is 4.04. The van der Waals surface area contributed by atoms with Crippen LogP contribution in [-0.4, -0.2) is 36.6 Å². The first kappa shape index (κ1) is 14.5. The molecule has 0 spiro atoms. The molecule has 1 aliphatic rings. The Morgan fingerprint density at radius 2 is 1.95 bits per heavy atom. The van der Waals surface area contributed by atoms with Gasteiger partial charge in [0.25, 0.3) is 0 Å². The molecule has 2 heteroatoms. The molecule has 1 N–H and O–H groups in total. The van der Waals surface area contributed by atoms with Crippen LogP contribution in [0.4, 0.5) is 0 Å².